The first-order chi connectivity index (χ1) is 9.45. The van der Waals surface area contributed by atoms with E-state index in [4.69, 9.17) is 5.11 Å². The lowest BCUT2D eigenvalue weighted by molar-refractivity contribution is -0.139. The molecule has 0 aromatic rings. The molecule has 0 radical (unpaired) electrons. The Kier molecular flexibility index (Phi) is 6.78. The largest absolute Gasteiger partial charge is 0.480 e. The highest BCUT2D eigenvalue weighted by atomic mass is 16.4. The van der Waals surface area contributed by atoms with Gasteiger partial charge in [0.25, 0.3) is 0 Å². The fraction of sp³-hybridized carbons (Fsp3) is 0.857. The normalized spacial score (nSPS) is 21.4. The Morgan fingerprint density at radius 1 is 1.30 bits per heavy atom. The van der Waals surface area contributed by atoms with Crippen LogP contribution >= 0.6 is 0 Å². The van der Waals surface area contributed by atoms with Crippen molar-refractivity contribution in [3.63, 3.8) is 0 Å². The lowest BCUT2D eigenvalue weighted by Gasteiger charge is -2.30. The molecule has 0 bridgehead atoms. The Hall–Kier alpha value is -1.30. The molecule has 0 aromatic carbocycles. The number of carbonyl (C=O) groups excluding carboxylic acids is 1. The van der Waals surface area contributed by atoms with E-state index >= 15 is 0 Å². The second-order valence-corrected chi connectivity index (χ2v) is 5.85. The quantitative estimate of drug-likeness (QED) is 0.713. The van der Waals surface area contributed by atoms with Crippen LogP contribution in [0.3, 0.4) is 0 Å². The van der Waals surface area contributed by atoms with Crippen molar-refractivity contribution < 1.29 is 19.8 Å². The summed E-state index contributed by atoms with van der Waals surface area (Å²) in [6.07, 6.45) is 4.09. The number of hydrogen-bond donors (Lipinski definition) is 3. The molecule has 1 aliphatic rings. The van der Waals surface area contributed by atoms with Crippen LogP contribution in [0.4, 0.5) is 4.79 Å². The molecule has 0 spiro atoms. The van der Waals surface area contributed by atoms with Crippen LogP contribution in [-0.2, 0) is 4.79 Å². The molecule has 1 rings (SSSR count). The number of aliphatic hydroxyl groups excluding tert-OH is 1. The topological polar surface area (TPSA) is 89.9 Å². The number of amides is 2. The summed E-state index contributed by atoms with van der Waals surface area (Å²) in [6.45, 7) is 4.34. The number of carboxylic acid groups (broad SMARTS) is 1. The number of aliphatic carboxylic acids is 1. The van der Waals surface area contributed by atoms with E-state index in [0.717, 1.165) is 25.7 Å². The van der Waals surface area contributed by atoms with Crippen LogP contribution in [-0.4, -0.2) is 52.3 Å². The average molecular weight is 286 g/mol. The minimum atomic E-state index is -1.01. The van der Waals surface area contributed by atoms with Crippen molar-refractivity contribution in [2.24, 2.45) is 5.92 Å². The summed E-state index contributed by atoms with van der Waals surface area (Å²) >= 11 is 0. The van der Waals surface area contributed by atoms with Crippen LogP contribution in [0.1, 0.15) is 46.0 Å². The lowest BCUT2D eigenvalue weighted by atomic mass is 10.0. The second-order valence-electron chi connectivity index (χ2n) is 5.85. The van der Waals surface area contributed by atoms with E-state index in [2.05, 4.69) is 5.32 Å². The van der Waals surface area contributed by atoms with E-state index in [9.17, 15) is 14.7 Å². The van der Waals surface area contributed by atoms with E-state index in [-0.39, 0.29) is 24.6 Å². The number of urea groups is 1. The van der Waals surface area contributed by atoms with Gasteiger partial charge in [-0.05, 0) is 25.2 Å². The monoisotopic (exact) mass is 286 g/mol. The maximum atomic E-state index is 12.3. The molecule has 0 aliphatic carbocycles. The third-order valence-corrected chi connectivity index (χ3v) is 3.65. The summed E-state index contributed by atoms with van der Waals surface area (Å²) in [5, 5.41) is 21.1. The predicted octanol–water partition coefficient (Wildman–Crippen LogP) is 1.43. The molecule has 0 aromatic heterocycles. The average Bonchev–Trinajstić information content (AvgIpc) is 2.62. The summed E-state index contributed by atoms with van der Waals surface area (Å²) in [5.41, 5.74) is 0. The van der Waals surface area contributed by atoms with Gasteiger partial charge in [0, 0.05) is 6.54 Å². The smallest absolute Gasteiger partial charge is 0.326 e. The van der Waals surface area contributed by atoms with Gasteiger partial charge < -0.3 is 20.4 Å². The maximum Gasteiger partial charge on any atom is 0.326 e. The Morgan fingerprint density at radius 3 is 2.55 bits per heavy atom. The number of likely N-dealkylation sites (tertiary alicyclic amines) is 1. The zero-order valence-corrected chi connectivity index (χ0v) is 12.3. The number of aliphatic hydroxyl groups is 1. The first-order valence-corrected chi connectivity index (χ1v) is 7.36. The van der Waals surface area contributed by atoms with Crippen LogP contribution in [0.25, 0.3) is 0 Å². The molecule has 2 amide bonds. The van der Waals surface area contributed by atoms with Gasteiger partial charge >= 0.3 is 12.0 Å². The van der Waals surface area contributed by atoms with Gasteiger partial charge in [0.2, 0.25) is 0 Å². The Balaban J connectivity index is 2.67. The van der Waals surface area contributed by atoms with Gasteiger partial charge in [0.05, 0.1) is 12.6 Å². The predicted molar refractivity (Wildman–Crippen MR) is 75.5 cm³/mol. The van der Waals surface area contributed by atoms with Gasteiger partial charge in [-0.1, -0.05) is 26.7 Å². The van der Waals surface area contributed by atoms with E-state index < -0.39 is 12.0 Å². The van der Waals surface area contributed by atoms with Gasteiger partial charge in [-0.2, -0.15) is 0 Å². The number of nitrogens with zero attached hydrogens (tertiary/aromatic N) is 1. The minimum Gasteiger partial charge on any atom is -0.480 e. The first kappa shape index (κ1) is 16.8. The molecule has 1 unspecified atom stereocenters. The van der Waals surface area contributed by atoms with Crippen molar-refractivity contribution in [3.8, 4) is 0 Å². The van der Waals surface area contributed by atoms with Crippen molar-refractivity contribution in [1.82, 2.24) is 10.2 Å². The van der Waals surface area contributed by atoms with E-state index in [1.54, 1.807) is 4.90 Å². The van der Waals surface area contributed by atoms with Gasteiger partial charge in [-0.25, -0.2) is 9.59 Å². The third kappa shape index (κ3) is 5.00. The molecule has 1 saturated heterocycles. The van der Waals surface area contributed by atoms with Gasteiger partial charge in [-0.3, -0.25) is 0 Å². The van der Waals surface area contributed by atoms with Crippen LogP contribution in [0, 0.1) is 5.92 Å². The lowest BCUT2D eigenvalue weighted by Crippen LogP contribution is -2.52. The highest BCUT2D eigenvalue weighted by Crippen LogP contribution is 2.17. The van der Waals surface area contributed by atoms with Crippen molar-refractivity contribution in [2.45, 2.75) is 58.0 Å². The van der Waals surface area contributed by atoms with Crippen molar-refractivity contribution in [1.29, 1.82) is 0 Å². The summed E-state index contributed by atoms with van der Waals surface area (Å²) in [6, 6.07) is -1.45. The van der Waals surface area contributed by atoms with Gasteiger partial charge in [-0.15, -0.1) is 0 Å². The van der Waals surface area contributed by atoms with E-state index in [0.29, 0.717) is 13.0 Å². The Bertz CT molecular complexity index is 333. The van der Waals surface area contributed by atoms with Crippen molar-refractivity contribution >= 4 is 12.0 Å². The molecule has 116 valence electrons. The molecule has 2 atom stereocenters. The fourth-order valence-electron chi connectivity index (χ4n) is 2.56. The van der Waals surface area contributed by atoms with E-state index in [1.165, 1.54) is 0 Å². The number of carbonyl (C=O) groups is 2. The van der Waals surface area contributed by atoms with Gasteiger partial charge in [0.15, 0.2) is 0 Å². The summed E-state index contributed by atoms with van der Waals surface area (Å²) in [7, 11) is 0. The molecule has 6 nitrogen and oxygen atoms in total. The third-order valence-electron chi connectivity index (χ3n) is 3.65. The van der Waals surface area contributed by atoms with Crippen LogP contribution in [0.5, 0.6) is 0 Å². The second kappa shape index (κ2) is 8.09. The van der Waals surface area contributed by atoms with Crippen molar-refractivity contribution in [2.75, 3.05) is 13.2 Å². The summed E-state index contributed by atoms with van der Waals surface area (Å²) in [4.78, 5) is 25.0. The SMILES string of the molecule is CC(C)C[C@@H](NC(=O)N1CCCCCC1CO)C(=O)O. The molecule has 1 aliphatic heterocycles. The molecular formula is C14H26N2O4. The molecule has 1 heterocycles. The van der Waals surface area contributed by atoms with Gasteiger partial charge in [0.1, 0.15) is 6.04 Å². The van der Waals surface area contributed by atoms with Crippen LogP contribution in [0.15, 0.2) is 0 Å². The summed E-state index contributed by atoms with van der Waals surface area (Å²) < 4.78 is 0. The number of carboxylic acids is 1. The van der Waals surface area contributed by atoms with E-state index in [1.807, 2.05) is 13.8 Å². The molecule has 6 heteroatoms. The molecule has 0 saturated carbocycles. The zero-order chi connectivity index (χ0) is 15.1. The number of rotatable bonds is 5. The molecule has 20 heavy (non-hydrogen) atoms. The molecular weight excluding hydrogens is 260 g/mol. The first-order valence-electron chi connectivity index (χ1n) is 7.36. The minimum absolute atomic E-state index is 0.0741. The fourth-order valence-corrected chi connectivity index (χ4v) is 2.56. The van der Waals surface area contributed by atoms with Crippen molar-refractivity contribution in [3.05, 3.63) is 0 Å². The molecule has 3 N–H and O–H groups in total. The Labute approximate surface area is 120 Å². The van der Waals surface area contributed by atoms with Crippen LogP contribution < -0.4 is 5.32 Å². The molecule has 1 fully saturated rings. The van der Waals surface area contributed by atoms with Crippen LogP contribution in [0.2, 0.25) is 0 Å². The zero-order valence-electron chi connectivity index (χ0n) is 12.3. The number of nitrogens with one attached hydrogen (secondary N) is 1. The Morgan fingerprint density at radius 2 is 2.00 bits per heavy atom. The standard InChI is InChI=1S/C14H26N2O4/c1-10(2)8-12(13(18)19)15-14(20)16-7-5-3-4-6-11(16)9-17/h10-12,17H,3-9H2,1-2H3,(H,15,20)(H,18,19)/t11?,12-/m1/s1. The number of hydrogen-bond acceptors (Lipinski definition) is 3. The summed E-state index contributed by atoms with van der Waals surface area (Å²) in [5.74, 6) is -0.823. The highest BCUT2D eigenvalue weighted by Gasteiger charge is 2.28. The maximum absolute atomic E-state index is 12.3. The highest BCUT2D eigenvalue weighted by molar-refractivity contribution is 5.82.